The Kier molecular flexibility index (Phi) is 7.31. The predicted octanol–water partition coefficient (Wildman–Crippen LogP) is 4.50. The zero-order valence-corrected chi connectivity index (χ0v) is 23.6. The topological polar surface area (TPSA) is 88.6 Å². The number of anilines is 1. The van der Waals surface area contributed by atoms with Gasteiger partial charge in [-0.2, -0.15) is 4.98 Å². The van der Waals surface area contributed by atoms with Crippen LogP contribution in [0.2, 0.25) is 36.3 Å². The van der Waals surface area contributed by atoms with E-state index < -0.39 is 34.7 Å². The molecule has 0 unspecified atom stereocenters. The average molecular weight is 480 g/mol. The van der Waals surface area contributed by atoms with E-state index in [4.69, 9.17) is 25.7 Å². The first kappa shape index (κ1) is 26.8. The van der Waals surface area contributed by atoms with E-state index in [1.54, 1.807) is 6.20 Å². The van der Waals surface area contributed by atoms with E-state index in [0.29, 0.717) is 5.56 Å². The largest absolute Gasteiger partial charge is 0.409 e. The van der Waals surface area contributed by atoms with E-state index in [9.17, 15) is 4.79 Å². The number of rotatable bonds is 5. The van der Waals surface area contributed by atoms with Crippen LogP contribution in [0.3, 0.4) is 0 Å². The first-order valence-corrected chi connectivity index (χ1v) is 17.0. The van der Waals surface area contributed by atoms with Crippen LogP contribution in [0.1, 0.15) is 60.3 Å². The number of aromatic nitrogens is 2. The zero-order valence-electron chi connectivity index (χ0n) is 21.6. The molecule has 1 fully saturated rings. The highest BCUT2D eigenvalue weighted by Crippen LogP contribution is 2.45. The van der Waals surface area contributed by atoms with E-state index in [0.717, 1.165) is 0 Å². The van der Waals surface area contributed by atoms with Crippen LogP contribution in [0.4, 0.5) is 5.82 Å². The first-order valence-electron chi connectivity index (χ1n) is 11.2. The molecular formula is C23H41N3O4Si2. The molecule has 0 amide bonds. The second-order valence-corrected chi connectivity index (χ2v) is 21.3. The molecule has 1 saturated heterocycles. The van der Waals surface area contributed by atoms with Crippen molar-refractivity contribution in [2.45, 2.75) is 109 Å². The third-order valence-corrected chi connectivity index (χ3v) is 16.3. The number of hydrogen-bond donors (Lipinski definition) is 1. The lowest BCUT2D eigenvalue weighted by Gasteiger charge is -2.44. The van der Waals surface area contributed by atoms with E-state index in [1.807, 2.05) is 6.92 Å². The molecule has 1 aromatic rings. The van der Waals surface area contributed by atoms with Gasteiger partial charge in [-0.25, -0.2) is 4.79 Å². The SMILES string of the molecule is C#Cc1cn([C@@H]2O[C@H](C)[C@@H](O[Si](C)(C)C(C)(C)C)[C@H]2O[Si](C)(C)C(C)(C)C)c(=O)nc1N. The Hall–Kier alpha value is -1.45. The van der Waals surface area contributed by atoms with Crippen molar-refractivity contribution < 1.29 is 13.6 Å². The van der Waals surface area contributed by atoms with Crippen LogP contribution >= 0.6 is 0 Å². The first-order chi connectivity index (χ1) is 14.3. The maximum atomic E-state index is 12.8. The fraction of sp³-hybridized carbons (Fsp3) is 0.739. The van der Waals surface area contributed by atoms with E-state index in [1.165, 1.54) is 4.57 Å². The second kappa shape index (κ2) is 8.72. The van der Waals surface area contributed by atoms with Gasteiger partial charge in [0, 0.05) is 6.20 Å². The predicted molar refractivity (Wildman–Crippen MR) is 135 cm³/mol. The molecule has 4 atom stereocenters. The second-order valence-electron chi connectivity index (χ2n) is 11.8. The van der Waals surface area contributed by atoms with Crippen molar-refractivity contribution in [2.24, 2.45) is 0 Å². The lowest BCUT2D eigenvalue weighted by molar-refractivity contribution is -0.0310. The molecule has 0 spiro atoms. The molecule has 0 radical (unpaired) electrons. The number of nitrogens with two attached hydrogens (primary N) is 1. The molecular weight excluding hydrogens is 438 g/mol. The summed E-state index contributed by atoms with van der Waals surface area (Å²) in [4.78, 5) is 16.7. The lowest BCUT2D eigenvalue weighted by atomic mass is 10.1. The van der Waals surface area contributed by atoms with Crippen molar-refractivity contribution in [1.29, 1.82) is 0 Å². The maximum Gasteiger partial charge on any atom is 0.351 e. The monoisotopic (exact) mass is 479 g/mol. The highest BCUT2D eigenvalue weighted by Gasteiger charge is 2.53. The Morgan fingerprint density at radius 1 is 1.06 bits per heavy atom. The summed E-state index contributed by atoms with van der Waals surface area (Å²) in [5, 5.41) is -0.0121. The molecule has 2 heterocycles. The van der Waals surface area contributed by atoms with Gasteiger partial charge in [0.1, 0.15) is 18.0 Å². The summed E-state index contributed by atoms with van der Waals surface area (Å²) < 4.78 is 21.4. The van der Waals surface area contributed by atoms with Crippen LogP contribution in [-0.4, -0.2) is 44.5 Å². The van der Waals surface area contributed by atoms with Gasteiger partial charge in [0.2, 0.25) is 0 Å². The van der Waals surface area contributed by atoms with Crippen LogP contribution in [0, 0.1) is 12.3 Å². The minimum Gasteiger partial charge on any atom is -0.409 e. The summed E-state index contributed by atoms with van der Waals surface area (Å²) >= 11 is 0. The van der Waals surface area contributed by atoms with Crippen molar-refractivity contribution in [3.8, 4) is 12.3 Å². The number of terminal acetylenes is 1. The van der Waals surface area contributed by atoms with E-state index in [2.05, 4.69) is 78.6 Å². The molecule has 2 N–H and O–H groups in total. The van der Waals surface area contributed by atoms with Crippen molar-refractivity contribution in [2.75, 3.05) is 5.73 Å². The summed E-state index contributed by atoms with van der Waals surface area (Å²) in [6.07, 6.45) is 5.33. The van der Waals surface area contributed by atoms with Crippen molar-refractivity contribution in [3.63, 3.8) is 0 Å². The van der Waals surface area contributed by atoms with Gasteiger partial charge in [0.05, 0.1) is 11.7 Å². The Morgan fingerprint density at radius 2 is 1.53 bits per heavy atom. The number of nitrogen functional groups attached to an aromatic ring is 1. The number of hydrogen-bond acceptors (Lipinski definition) is 6. The highest BCUT2D eigenvalue weighted by molar-refractivity contribution is 6.74. The lowest BCUT2D eigenvalue weighted by Crippen LogP contribution is -2.53. The normalized spacial score (nSPS) is 25.1. The summed E-state index contributed by atoms with van der Waals surface area (Å²) in [6.45, 7) is 23.9. The summed E-state index contributed by atoms with van der Waals surface area (Å²) in [5.41, 5.74) is 5.66. The van der Waals surface area contributed by atoms with E-state index in [-0.39, 0.29) is 28.1 Å². The fourth-order valence-corrected chi connectivity index (χ4v) is 5.77. The highest BCUT2D eigenvalue weighted by atomic mass is 28.4. The maximum absolute atomic E-state index is 12.8. The van der Waals surface area contributed by atoms with Gasteiger partial charge in [-0.3, -0.25) is 4.57 Å². The van der Waals surface area contributed by atoms with Crippen molar-refractivity contribution >= 4 is 22.5 Å². The molecule has 0 saturated carbocycles. The van der Waals surface area contributed by atoms with Crippen LogP contribution in [0.5, 0.6) is 0 Å². The third kappa shape index (κ3) is 5.20. The standard InChI is InChI=1S/C23H41N3O4Si2/c1-13-16-14-26(21(27)25-19(16)24)20-18(30-32(11,12)23(6,7)8)17(15(2)28-20)29-31(9,10)22(3,4)5/h1,14-15,17-18,20H,2-12H3,(H2,24,25,27)/t15-,17-,18-,20-/m1/s1. The summed E-state index contributed by atoms with van der Waals surface area (Å²) in [5.74, 6) is 2.53. The van der Waals surface area contributed by atoms with Gasteiger partial charge in [0.25, 0.3) is 0 Å². The Labute approximate surface area is 195 Å². The average Bonchev–Trinajstić information content (AvgIpc) is 2.88. The summed E-state index contributed by atoms with van der Waals surface area (Å²) in [7, 11) is -4.38. The van der Waals surface area contributed by atoms with Crippen LogP contribution in [0.25, 0.3) is 0 Å². The van der Waals surface area contributed by atoms with Gasteiger partial charge >= 0.3 is 5.69 Å². The van der Waals surface area contributed by atoms with Gasteiger partial charge in [-0.05, 0) is 43.2 Å². The van der Waals surface area contributed by atoms with Crippen molar-refractivity contribution in [1.82, 2.24) is 9.55 Å². The molecule has 0 aromatic carbocycles. The zero-order chi connectivity index (χ0) is 24.9. The molecule has 7 nitrogen and oxygen atoms in total. The molecule has 1 aliphatic rings. The van der Waals surface area contributed by atoms with Crippen molar-refractivity contribution in [3.05, 3.63) is 22.2 Å². The van der Waals surface area contributed by atoms with Crippen LogP contribution in [-0.2, 0) is 13.6 Å². The molecule has 32 heavy (non-hydrogen) atoms. The number of nitrogens with zero attached hydrogens (tertiary/aromatic N) is 2. The summed E-state index contributed by atoms with van der Waals surface area (Å²) in [6, 6.07) is 0. The minimum atomic E-state index is -2.23. The Balaban J connectivity index is 2.60. The quantitative estimate of drug-likeness (QED) is 0.494. The van der Waals surface area contributed by atoms with Crippen LogP contribution < -0.4 is 11.4 Å². The van der Waals surface area contributed by atoms with Gasteiger partial charge in [0.15, 0.2) is 22.9 Å². The molecule has 1 aliphatic heterocycles. The van der Waals surface area contributed by atoms with Gasteiger partial charge in [-0.15, -0.1) is 6.42 Å². The molecule has 0 bridgehead atoms. The molecule has 1 aromatic heterocycles. The number of ether oxygens (including phenoxy) is 1. The van der Waals surface area contributed by atoms with Gasteiger partial charge < -0.3 is 19.3 Å². The van der Waals surface area contributed by atoms with Crippen LogP contribution in [0.15, 0.2) is 11.0 Å². The Bertz CT molecular complexity index is 939. The van der Waals surface area contributed by atoms with E-state index >= 15 is 0 Å². The smallest absolute Gasteiger partial charge is 0.351 e. The minimum absolute atomic E-state index is 0.0164. The molecule has 9 heteroatoms. The fourth-order valence-electron chi connectivity index (χ4n) is 3.13. The third-order valence-electron chi connectivity index (χ3n) is 7.31. The molecule has 180 valence electrons. The Morgan fingerprint density at radius 3 is 1.97 bits per heavy atom. The molecule has 0 aliphatic carbocycles. The molecule has 2 rings (SSSR count). The van der Waals surface area contributed by atoms with Gasteiger partial charge in [-0.1, -0.05) is 47.5 Å².